The smallest absolute Gasteiger partial charge is 0.305 e. The SMILES string of the molecule is O=C1CCCCC=CCC(CC(=O)N2Cc3ccccc3CC2CO)C(=O)NC(Cc2ccc(OCc3ccccc3)cc2)CO1. The van der Waals surface area contributed by atoms with Gasteiger partial charge in [-0.15, -0.1) is 0 Å². The Morgan fingerprint density at radius 1 is 0.913 bits per heavy atom. The van der Waals surface area contributed by atoms with Crippen LogP contribution in [0, 0.1) is 5.92 Å². The Morgan fingerprint density at radius 2 is 1.67 bits per heavy atom. The Morgan fingerprint density at radius 3 is 2.46 bits per heavy atom. The molecule has 8 heteroatoms. The molecule has 2 amide bonds. The summed E-state index contributed by atoms with van der Waals surface area (Å²) in [7, 11) is 0. The number of cyclic esters (lactones) is 1. The molecule has 0 saturated heterocycles. The van der Waals surface area contributed by atoms with Crippen molar-refractivity contribution in [3.8, 4) is 5.75 Å². The molecule has 0 fully saturated rings. The predicted octanol–water partition coefficient (Wildman–Crippen LogP) is 5.31. The second-order valence-electron chi connectivity index (χ2n) is 12.2. The molecule has 0 bridgehead atoms. The van der Waals surface area contributed by atoms with Gasteiger partial charge in [0.05, 0.1) is 24.6 Å². The van der Waals surface area contributed by atoms with Gasteiger partial charge in [-0.1, -0.05) is 78.9 Å². The summed E-state index contributed by atoms with van der Waals surface area (Å²) in [6.45, 7) is 0.781. The Hall–Kier alpha value is -4.43. The second kappa shape index (κ2) is 16.8. The number of hydrogen-bond acceptors (Lipinski definition) is 6. The van der Waals surface area contributed by atoms with Crippen LogP contribution in [0.4, 0.5) is 0 Å². The molecular weight excluding hydrogens is 580 g/mol. The van der Waals surface area contributed by atoms with Crippen LogP contribution in [0.25, 0.3) is 0 Å². The first-order valence-electron chi connectivity index (χ1n) is 16.3. The number of allylic oxidation sites excluding steroid dienone is 2. The standard InChI is InChI=1S/C38H44N2O6/c41-25-34-22-30-13-9-10-15-32(30)24-40(34)36(42)23-31-14-7-2-1-3-8-16-37(43)46-27-33(39-38(31)44)21-28-17-19-35(20-18-28)45-26-29-11-5-4-6-12-29/h2,4-7,9-13,15,17-20,31,33-34,41H,1,3,8,14,16,21-27H2,(H,39,44). The number of nitrogens with zero attached hydrogens (tertiary/aromatic N) is 1. The van der Waals surface area contributed by atoms with E-state index in [9.17, 15) is 19.5 Å². The van der Waals surface area contributed by atoms with Gasteiger partial charge < -0.3 is 24.8 Å². The molecule has 46 heavy (non-hydrogen) atoms. The molecule has 0 aliphatic carbocycles. The Bertz CT molecular complexity index is 1470. The zero-order valence-corrected chi connectivity index (χ0v) is 26.3. The minimum Gasteiger partial charge on any atom is -0.489 e. The van der Waals surface area contributed by atoms with Crippen LogP contribution in [0.5, 0.6) is 5.75 Å². The highest BCUT2D eigenvalue weighted by Crippen LogP contribution is 2.26. The number of carbonyl (C=O) groups excluding carboxylic acids is 3. The molecule has 0 saturated carbocycles. The number of nitrogens with one attached hydrogen (secondary N) is 1. The van der Waals surface area contributed by atoms with Gasteiger partial charge in [-0.25, -0.2) is 0 Å². The molecular formula is C38H44N2O6. The summed E-state index contributed by atoms with van der Waals surface area (Å²) in [5.41, 5.74) is 4.24. The van der Waals surface area contributed by atoms with Gasteiger partial charge in [0.15, 0.2) is 0 Å². The number of rotatable bonds is 8. The first-order valence-corrected chi connectivity index (χ1v) is 16.3. The lowest BCUT2D eigenvalue weighted by Crippen LogP contribution is -2.48. The number of aliphatic hydroxyl groups is 1. The summed E-state index contributed by atoms with van der Waals surface area (Å²) in [6, 6.07) is 24.8. The minimum atomic E-state index is -0.602. The molecule has 3 aromatic carbocycles. The number of carbonyl (C=O) groups is 3. The van der Waals surface area contributed by atoms with Crippen LogP contribution in [0.3, 0.4) is 0 Å². The molecule has 2 aliphatic rings. The van der Waals surface area contributed by atoms with E-state index in [1.165, 1.54) is 0 Å². The van der Waals surface area contributed by atoms with E-state index in [0.717, 1.165) is 47.3 Å². The van der Waals surface area contributed by atoms with Crippen LogP contribution in [-0.4, -0.2) is 53.1 Å². The highest BCUT2D eigenvalue weighted by Gasteiger charge is 2.32. The van der Waals surface area contributed by atoms with Gasteiger partial charge in [0.1, 0.15) is 19.0 Å². The van der Waals surface area contributed by atoms with Gasteiger partial charge in [0, 0.05) is 19.4 Å². The highest BCUT2D eigenvalue weighted by molar-refractivity contribution is 5.86. The number of aliphatic hydroxyl groups excluding tert-OH is 1. The molecule has 5 rings (SSSR count). The van der Waals surface area contributed by atoms with Gasteiger partial charge in [0.25, 0.3) is 0 Å². The zero-order chi connectivity index (χ0) is 32.1. The molecule has 2 aliphatic heterocycles. The lowest BCUT2D eigenvalue weighted by molar-refractivity contribution is -0.145. The van der Waals surface area contributed by atoms with Crippen LogP contribution in [0.2, 0.25) is 0 Å². The van der Waals surface area contributed by atoms with Crippen LogP contribution in [-0.2, 0) is 45.1 Å². The topological polar surface area (TPSA) is 105 Å². The number of benzene rings is 3. The maximum atomic E-state index is 13.8. The number of amides is 2. The minimum absolute atomic E-state index is 0.0226. The fraction of sp³-hybridized carbons (Fsp3) is 0.395. The quantitative estimate of drug-likeness (QED) is 0.260. The lowest BCUT2D eigenvalue weighted by Gasteiger charge is -2.36. The average Bonchev–Trinajstić information content (AvgIpc) is 3.08. The lowest BCUT2D eigenvalue weighted by atomic mass is 9.92. The van der Waals surface area contributed by atoms with E-state index in [4.69, 9.17) is 9.47 Å². The van der Waals surface area contributed by atoms with Gasteiger partial charge in [-0.05, 0) is 72.9 Å². The normalized spacial score (nSPS) is 21.0. The van der Waals surface area contributed by atoms with E-state index in [-0.39, 0.29) is 43.5 Å². The number of esters is 1. The summed E-state index contributed by atoms with van der Waals surface area (Å²) in [5.74, 6) is -0.553. The fourth-order valence-corrected chi connectivity index (χ4v) is 6.05. The van der Waals surface area contributed by atoms with E-state index < -0.39 is 12.0 Å². The molecule has 0 radical (unpaired) electrons. The van der Waals surface area contributed by atoms with E-state index in [0.29, 0.717) is 38.8 Å². The van der Waals surface area contributed by atoms with E-state index >= 15 is 0 Å². The predicted molar refractivity (Wildman–Crippen MR) is 176 cm³/mol. The number of ether oxygens (including phenoxy) is 2. The number of fused-ring (bicyclic) bond motifs is 1. The second-order valence-corrected chi connectivity index (χ2v) is 12.2. The maximum Gasteiger partial charge on any atom is 0.305 e. The van der Waals surface area contributed by atoms with Crippen molar-refractivity contribution in [2.45, 2.75) is 76.6 Å². The van der Waals surface area contributed by atoms with Gasteiger partial charge >= 0.3 is 5.97 Å². The van der Waals surface area contributed by atoms with Crippen LogP contribution >= 0.6 is 0 Å². The molecule has 3 aromatic rings. The fourth-order valence-electron chi connectivity index (χ4n) is 6.05. The van der Waals surface area contributed by atoms with Crippen molar-refractivity contribution >= 4 is 17.8 Å². The third-order valence-electron chi connectivity index (χ3n) is 8.71. The molecule has 2 heterocycles. The third-order valence-corrected chi connectivity index (χ3v) is 8.71. The van der Waals surface area contributed by atoms with Crippen molar-refractivity contribution in [2.75, 3.05) is 13.2 Å². The Balaban J connectivity index is 1.27. The summed E-state index contributed by atoms with van der Waals surface area (Å²) < 4.78 is 11.5. The Kier molecular flexibility index (Phi) is 12.0. The molecule has 0 spiro atoms. The molecule has 8 nitrogen and oxygen atoms in total. The average molecular weight is 625 g/mol. The Labute approximate surface area is 271 Å². The summed E-state index contributed by atoms with van der Waals surface area (Å²) >= 11 is 0. The van der Waals surface area contributed by atoms with Crippen molar-refractivity contribution in [1.82, 2.24) is 10.2 Å². The largest absolute Gasteiger partial charge is 0.489 e. The number of hydrogen-bond donors (Lipinski definition) is 2. The van der Waals surface area contributed by atoms with Crippen molar-refractivity contribution in [3.63, 3.8) is 0 Å². The molecule has 0 aromatic heterocycles. The highest BCUT2D eigenvalue weighted by atomic mass is 16.5. The van der Waals surface area contributed by atoms with Crippen molar-refractivity contribution < 1.29 is 29.0 Å². The summed E-state index contributed by atoms with van der Waals surface area (Å²) in [4.78, 5) is 41.6. The molecule has 242 valence electrons. The van der Waals surface area contributed by atoms with Crippen molar-refractivity contribution in [1.29, 1.82) is 0 Å². The molecule has 3 atom stereocenters. The van der Waals surface area contributed by atoms with Crippen LogP contribution < -0.4 is 10.1 Å². The zero-order valence-electron chi connectivity index (χ0n) is 26.3. The van der Waals surface area contributed by atoms with Crippen LogP contribution in [0.1, 0.15) is 60.8 Å². The third kappa shape index (κ3) is 9.54. The first kappa shape index (κ1) is 32.9. The van der Waals surface area contributed by atoms with Gasteiger partial charge in [-0.3, -0.25) is 14.4 Å². The monoisotopic (exact) mass is 624 g/mol. The summed E-state index contributed by atoms with van der Waals surface area (Å²) in [5, 5.41) is 13.2. The van der Waals surface area contributed by atoms with E-state index in [2.05, 4.69) is 5.32 Å². The maximum absolute atomic E-state index is 13.8. The van der Waals surface area contributed by atoms with E-state index in [1.807, 2.05) is 91.0 Å². The summed E-state index contributed by atoms with van der Waals surface area (Å²) in [6.07, 6.45) is 8.17. The molecule has 3 unspecified atom stereocenters. The van der Waals surface area contributed by atoms with E-state index in [1.54, 1.807) is 4.90 Å². The first-order chi connectivity index (χ1) is 22.5. The van der Waals surface area contributed by atoms with Gasteiger partial charge in [-0.2, -0.15) is 0 Å². The van der Waals surface area contributed by atoms with Crippen molar-refractivity contribution in [2.24, 2.45) is 5.92 Å². The van der Waals surface area contributed by atoms with Gasteiger partial charge in [0.2, 0.25) is 11.8 Å². The molecule has 2 N–H and O–H groups in total. The van der Waals surface area contributed by atoms with Crippen molar-refractivity contribution in [3.05, 3.63) is 113 Å². The van der Waals surface area contributed by atoms with Crippen LogP contribution in [0.15, 0.2) is 91.0 Å².